The lowest BCUT2D eigenvalue weighted by atomic mass is 10.2. The Morgan fingerprint density at radius 2 is 2.05 bits per heavy atom. The SMILES string of the molecule is Cc1nn(C)c(C)c1S(=O)(=O)NC(C)c1ncccc1F. The number of aryl methyl sites for hydroxylation is 2. The highest BCUT2D eigenvalue weighted by molar-refractivity contribution is 7.89. The fraction of sp³-hybridized carbons (Fsp3) is 0.385. The van der Waals surface area contributed by atoms with E-state index in [1.165, 1.54) is 23.0 Å². The van der Waals surface area contributed by atoms with E-state index in [1.807, 2.05) is 0 Å². The van der Waals surface area contributed by atoms with Crippen LogP contribution in [-0.2, 0) is 17.1 Å². The van der Waals surface area contributed by atoms with Crippen LogP contribution in [0.1, 0.15) is 30.0 Å². The van der Waals surface area contributed by atoms with Crippen LogP contribution < -0.4 is 4.72 Å². The largest absolute Gasteiger partial charge is 0.271 e. The molecule has 0 radical (unpaired) electrons. The van der Waals surface area contributed by atoms with E-state index in [4.69, 9.17) is 0 Å². The van der Waals surface area contributed by atoms with Crippen molar-refractivity contribution >= 4 is 10.0 Å². The Bertz CT molecular complexity index is 770. The number of rotatable bonds is 4. The average Bonchev–Trinajstić information content (AvgIpc) is 2.63. The number of aromatic nitrogens is 3. The lowest BCUT2D eigenvalue weighted by Gasteiger charge is -2.14. The van der Waals surface area contributed by atoms with Crippen molar-refractivity contribution in [3.05, 3.63) is 41.2 Å². The first-order valence-corrected chi connectivity index (χ1v) is 7.85. The molecule has 0 aliphatic heterocycles. The molecule has 114 valence electrons. The Balaban J connectivity index is 2.36. The van der Waals surface area contributed by atoms with Crippen LogP contribution in [-0.4, -0.2) is 23.2 Å². The second kappa shape index (κ2) is 5.53. The van der Waals surface area contributed by atoms with E-state index in [1.54, 1.807) is 27.8 Å². The Labute approximate surface area is 123 Å². The molecule has 1 N–H and O–H groups in total. The standard InChI is InChI=1S/C13H17FN4O2S/c1-8(12-11(14)6-5-7-15-12)17-21(19,20)13-9(2)16-18(4)10(13)3/h5-8,17H,1-4H3. The molecule has 0 bridgehead atoms. The van der Waals surface area contributed by atoms with Gasteiger partial charge in [0.15, 0.2) is 0 Å². The molecule has 21 heavy (non-hydrogen) atoms. The maximum atomic E-state index is 13.7. The van der Waals surface area contributed by atoms with Gasteiger partial charge in [-0.15, -0.1) is 0 Å². The lowest BCUT2D eigenvalue weighted by molar-refractivity contribution is 0.539. The molecule has 2 rings (SSSR count). The van der Waals surface area contributed by atoms with Crippen molar-refractivity contribution in [2.75, 3.05) is 0 Å². The number of hydrogen-bond acceptors (Lipinski definition) is 4. The molecule has 0 spiro atoms. The number of nitrogens with zero attached hydrogens (tertiary/aromatic N) is 3. The monoisotopic (exact) mass is 312 g/mol. The van der Waals surface area contributed by atoms with Crippen LogP contribution in [0.5, 0.6) is 0 Å². The fourth-order valence-corrected chi connectivity index (χ4v) is 3.85. The van der Waals surface area contributed by atoms with Crippen LogP contribution >= 0.6 is 0 Å². The first-order chi connectivity index (χ1) is 9.74. The first kappa shape index (κ1) is 15.6. The molecule has 0 saturated heterocycles. The van der Waals surface area contributed by atoms with Crippen LogP contribution in [0.15, 0.2) is 23.2 Å². The molecule has 2 aromatic heterocycles. The molecule has 0 aliphatic carbocycles. The Hall–Kier alpha value is -1.80. The molecule has 1 atom stereocenters. The molecule has 8 heteroatoms. The third-order valence-corrected chi connectivity index (χ3v) is 5.03. The molecule has 0 amide bonds. The summed E-state index contributed by atoms with van der Waals surface area (Å²) in [5, 5.41) is 4.08. The van der Waals surface area contributed by atoms with Crippen molar-refractivity contribution in [2.45, 2.75) is 31.7 Å². The van der Waals surface area contributed by atoms with E-state index in [0.717, 1.165) is 0 Å². The van der Waals surface area contributed by atoms with Gasteiger partial charge in [0.25, 0.3) is 0 Å². The van der Waals surface area contributed by atoms with Gasteiger partial charge in [0.05, 0.1) is 23.1 Å². The van der Waals surface area contributed by atoms with Gasteiger partial charge in [0, 0.05) is 13.2 Å². The van der Waals surface area contributed by atoms with Crippen molar-refractivity contribution in [3.8, 4) is 0 Å². The number of hydrogen-bond donors (Lipinski definition) is 1. The Morgan fingerprint density at radius 1 is 1.38 bits per heavy atom. The van der Waals surface area contributed by atoms with Gasteiger partial charge >= 0.3 is 0 Å². The summed E-state index contributed by atoms with van der Waals surface area (Å²) >= 11 is 0. The minimum absolute atomic E-state index is 0.0558. The Morgan fingerprint density at radius 3 is 2.57 bits per heavy atom. The zero-order valence-corrected chi connectivity index (χ0v) is 13.1. The molecule has 1 unspecified atom stereocenters. The van der Waals surface area contributed by atoms with Gasteiger partial charge in [-0.1, -0.05) is 0 Å². The van der Waals surface area contributed by atoms with E-state index in [2.05, 4.69) is 14.8 Å². The minimum Gasteiger partial charge on any atom is -0.271 e. The predicted molar refractivity (Wildman–Crippen MR) is 75.6 cm³/mol. The summed E-state index contributed by atoms with van der Waals surface area (Å²) in [6.07, 6.45) is 1.42. The molecule has 2 aromatic rings. The van der Waals surface area contributed by atoms with Crippen LogP contribution in [0.4, 0.5) is 4.39 Å². The van der Waals surface area contributed by atoms with Crippen LogP contribution in [0.25, 0.3) is 0 Å². The van der Waals surface area contributed by atoms with E-state index >= 15 is 0 Å². The zero-order valence-electron chi connectivity index (χ0n) is 12.3. The highest BCUT2D eigenvalue weighted by Crippen LogP contribution is 2.22. The van der Waals surface area contributed by atoms with Gasteiger partial charge in [0.1, 0.15) is 10.7 Å². The second-order valence-electron chi connectivity index (χ2n) is 4.84. The summed E-state index contributed by atoms with van der Waals surface area (Å²) in [6, 6.07) is 1.92. The average molecular weight is 312 g/mol. The van der Waals surface area contributed by atoms with Gasteiger partial charge in [-0.2, -0.15) is 5.10 Å². The number of halogens is 1. The van der Waals surface area contributed by atoms with E-state index in [0.29, 0.717) is 11.4 Å². The van der Waals surface area contributed by atoms with Crippen molar-refractivity contribution in [1.82, 2.24) is 19.5 Å². The summed E-state index contributed by atoms with van der Waals surface area (Å²) in [7, 11) is -2.14. The van der Waals surface area contributed by atoms with Gasteiger partial charge in [0.2, 0.25) is 10.0 Å². The van der Waals surface area contributed by atoms with Crippen LogP contribution in [0, 0.1) is 19.7 Å². The molecular formula is C13H17FN4O2S. The highest BCUT2D eigenvalue weighted by atomic mass is 32.2. The maximum absolute atomic E-state index is 13.7. The molecule has 0 fully saturated rings. The second-order valence-corrected chi connectivity index (χ2v) is 6.49. The summed E-state index contributed by atoms with van der Waals surface area (Å²) in [5.41, 5.74) is 0.977. The van der Waals surface area contributed by atoms with Crippen molar-refractivity contribution in [3.63, 3.8) is 0 Å². The smallest absolute Gasteiger partial charge is 0.244 e. The van der Waals surface area contributed by atoms with Gasteiger partial charge in [-0.3, -0.25) is 9.67 Å². The maximum Gasteiger partial charge on any atom is 0.244 e. The molecule has 0 saturated carbocycles. The van der Waals surface area contributed by atoms with Crippen molar-refractivity contribution in [2.24, 2.45) is 7.05 Å². The molecule has 0 aromatic carbocycles. The number of pyridine rings is 1. The van der Waals surface area contributed by atoms with Gasteiger partial charge in [-0.05, 0) is 32.9 Å². The molecular weight excluding hydrogens is 295 g/mol. The summed E-state index contributed by atoms with van der Waals surface area (Å²) in [6.45, 7) is 4.83. The zero-order chi connectivity index (χ0) is 15.8. The highest BCUT2D eigenvalue weighted by Gasteiger charge is 2.27. The van der Waals surface area contributed by atoms with Crippen molar-refractivity contribution < 1.29 is 12.8 Å². The van der Waals surface area contributed by atoms with Gasteiger partial charge in [-0.25, -0.2) is 17.5 Å². The predicted octanol–water partition coefficient (Wildman–Crippen LogP) is 1.61. The fourth-order valence-electron chi connectivity index (χ4n) is 2.21. The summed E-state index contributed by atoms with van der Waals surface area (Å²) in [4.78, 5) is 4.00. The van der Waals surface area contributed by atoms with Gasteiger partial charge < -0.3 is 0 Å². The first-order valence-electron chi connectivity index (χ1n) is 6.37. The number of nitrogens with one attached hydrogen (secondary N) is 1. The van der Waals surface area contributed by atoms with Crippen LogP contribution in [0.2, 0.25) is 0 Å². The van der Waals surface area contributed by atoms with E-state index in [9.17, 15) is 12.8 Å². The lowest BCUT2D eigenvalue weighted by Crippen LogP contribution is -2.29. The molecule has 2 heterocycles. The third-order valence-electron chi connectivity index (χ3n) is 3.24. The van der Waals surface area contributed by atoms with Crippen LogP contribution in [0.3, 0.4) is 0 Å². The Kier molecular flexibility index (Phi) is 4.11. The number of sulfonamides is 1. The summed E-state index contributed by atoms with van der Waals surface area (Å²) in [5.74, 6) is -0.549. The quantitative estimate of drug-likeness (QED) is 0.930. The molecule has 0 aliphatic rings. The molecule has 6 nitrogen and oxygen atoms in total. The van der Waals surface area contributed by atoms with E-state index < -0.39 is 21.9 Å². The topological polar surface area (TPSA) is 76.9 Å². The normalized spacial score (nSPS) is 13.4. The minimum atomic E-state index is -3.80. The summed E-state index contributed by atoms with van der Waals surface area (Å²) < 4.78 is 42.5. The third kappa shape index (κ3) is 2.96. The van der Waals surface area contributed by atoms with E-state index in [-0.39, 0.29) is 10.6 Å². The van der Waals surface area contributed by atoms with Crippen molar-refractivity contribution in [1.29, 1.82) is 0 Å².